The second-order valence-corrected chi connectivity index (χ2v) is 14.5. The van der Waals surface area contributed by atoms with Gasteiger partial charge in [-0.15, -0.1) is 0 Å². The standard InChI is InChI=1S/C44H38N2/c1-43(2)24-25-44(3,4)38-28-40-36(27-37(38)43)35-23-22-34-33-20-11-12-21-39(33)45(31-17-9-6-10-18-31)41(34)42(35)46(40)32-19-13-16-30(26-32)29-14-7-5-8-15-29/h5-23,26-28H,24-25H2,1-4H3. The summed E-state index contributed by atoms with van der Waals surface area (Å²) >= 11 is 0. The number of aromatic nitrogens is 2. The molecule has 2 nitrogen and oxygen atoms in total. The first kappa shape index (κ1) is 27.2. The maximum absolute atomic E-state index is 2.57. The van der Waals surface area contributed by atoms with Crippen molar-refractivity contribution in [1.82, 2.24) is 9.13 Å². The molecule has 224 valence electrons. The minimum absolute atomic E-state index is 0.112. The third-order valence-electron chi connectivity index (χ3n) is 10.8. The molecule has 0 saturated heterocycles. The van der Waals surface area contributed by atoms with Crippen LogP contribution in [0.25, 0.3) is 66.1 Å². The molecular weight excluding hydrogens is 556 g/mol. The minimum atomic E-state index is 0.112. The van der Waals surface area contributed by atoms with Crippen LogP contribution in [-0.4, -0.2) is 9.13 Å². The number of benzene rings is 6. The fourth-order valence-electron chi connectivity index (χ4n) is 8.18. The molecule has 0 saturated carbocycles. The highest BCUT2D eigenvalue weighted by molar-refractivity contribution is 6.24. The van der Waals surface area contributed by atoms with E-state index in [4.69, 9.17) is 0 Å². The van der Waals surface area contributed by atoms with Crippen LogP contribution < -0.4 is 0 Å². The predicted octanol–water partition coefficient (Wildman–Crippen LogP) is 11.9. The maximum Gasteiger partial charge on any atom is 0.0788 e. The Hall–Kier alpha value is -5.08. The molecule has 0 bridgehead atoms. The smallest absolute Gasteiger partial charge is 0.0788 e. The fraction of sp³-hybridized carbons (Fsp3) is 0.182. The highest BCUT2D eigenvalue weighted by atomic mass is 15.0. The van der Waals surface area contributed by atoms with Crippen LogP contribution in [0.4, 0.5) is 0 Å². The summed E-state index contributed by atoms with van der Waals surface area (Å²) in [5.41, 5.74) is 13.1. The lowest BCUT2D eigenvalue weighted by Gasteiger charge is -2.42. The fourth-order valence-corrected chi connectivity index (χ4v) is 8.18. The summed E-state index contributed by atoms with van der Waals surface area (Å²) in [4.78, 5) is 0. The molecule has 0 atom stereocenters. The molecule has 0 radical (unpaired) electrons. The molecular formula is C44H38N2. The van der Waals surface area contributed by atoms with Crippen molar-refractivity contribution in [3.05, 3.63) is 145 Å². The lowest BCUT2D eigenvalue weighted by Crippen LogP contribution is -2.33. The molecule has 8 aromatic rings. The van der Waals surface area contributed by atoms with E-state index in [0.29, 0.717) is 0 Å². The highest BCUT2D eigenvalue weighted by Gasteiger charge is 2.38. The molecule has 6 aromatic carbocycles. The van der Waals surface area contributed by atoms with E-state index >= 15 is 0 Å². The third kappa shape index (κ3) is 3.89. The average molecular weight is 595 g/mol. The Balaban J connectivity index is 1.50. The summed E-state index contributed by atoms with van der Waals surface area (Å²) in [5, 5.41) is 5.19. The van der Waals surface area contributed by atoms with Gasteiger partial charge in [-0.1, -0.05) is 119 Å². The maximum atomic E-state index is 2.57. The summed E-state index contributed by atoms with van der Waals surface area (Å²) in [7, 11) is 0. The Bertz CT molecular complexity index is 2450. The van der Waals surface area contributed by atoms with Crippen LogP contribution in [0.15, 0.2) is 133 Å². The van der Waals surface area contributed by atoms with Gasteiger partial charge in [0.1, 0.15) is 0 Å². The molecule has 2 aromatic heterocycles. The summed E-state index contributed by atoms with van der Waals surface area (Å²) < 4.78 is 5.05. The number of fused-ring (bicyclic) bond motifs is 8. The van der Waals surface area contributed by atoms with E-state index in [1.165, 1.54) is 90.1 Å². The Morgan fingerprint density at radius 2 is 0.957 bits per heavy atom. The van der Waals surface area contributed by atoms with Crippen LogP contribution in [0.3, 0.4) is 0 Å². The van der Waals surface area contributed by atoms with Gasteiger partial charge in [-0.3, -0.25) is 0 Å². The van der Waals surface area contributed by atoms with E-state index in [1.54, 1.807) is 0 Å². The molecule has 46 heavy (non-hydrogen) atoms. The summed E-state index contributed by atoms with van der Waals surface area (Å²) in [6, 6.07) is 49.4. The van der Waals surface area contributed by atoms with E-state index in [1.807, 2.05) is 0 Å². The normalized spacial score (nSPS) is 15.6. The number of hydrogen-bond acceptors (Lipinski definition) is 0. The average Bonchev–Trinajstić information content (AvgIpc) is 3.60. The van der Waals surface area contributed by atoms with E-state index < -0.39 is 0 Å². The molecule has 2 heteroatoms. The van der Waals surface area contributed by atoms with Gasteiger partial charge in [0, 0.05) is 32.9 Å². The first-order valence-corrected chi connectivity index (χ1v) is 16.6. The van der Waals surface area contributed by atoms with Gasteiger partial charge in [-0.2, -0.15) is 0 Å². The quantitative estimate of drug-likeness (QED) is 0.193. The molecule has 0 N–H and O–H groups in total. The topological polar surface area (TPSA) is 9.86 Å². The minimum Gasteiger partial charge on any atom is -0.307 e. The zero-order valence-corrected chi connectivity index (χ0v) is 27.0. The van der Waals surface area contributed by atoms with Crippen molar-refractivity contribution in [3.63, 3.8) is 0 Å². The van der Waals surface area contributed by atoms with E-state index in [2.05, 4.69) is 170 Å². The van der Waals surface area contributed by atoms with Gasteiger partial charge >= 0.3 is 0 Å². The third-order valence-corrected chi connectivity index (χ3v) is 10.8. The largest absolute Gasteiger partial charge is 0.307 e. The molecule has 0 aliphatic heterocycles. The summed E-state index contributed by atoms with van der Waals surface area (Å²) in [6.45, 7) is 9.73. The molecule has 0 unspecified atom stereocenters. The van der Waals surface area contributed by atoms with Gasteiger partial charge in [-0.25, -0.2) is 0 Å². The van der Waals surface area contributed by atoms with Gasteiger partial charge < -0.3 is 9.13 Å². The second kappa shape index (κ2) is 9.71. The van der Waals surface area contributed by atoms with Crippen molar-refractivity contribution in [2.75, 3.05) is 0 Å². The Morgan fingerprint density at radius 1 is 0.413 bits per heavy atom. The Kier molecular flexibility index (Phi) is 5.75. The van der Waals surface area contributed by atoms with E-state index in [-0.39, 0.29) is 10.8 Å². The van der Waals surface area contributed by atoms with Gasteiger partial charge in [0.2, 0.25) is 0 Å². The summed E-state index contributed by atoms with van der Waals surface area (Å²) in [5.74, 6) is 0. The lowest BCUT2D eigenvalue weighted by atomic mass is 9.63. The van der Waals surface area contributed by atoms with Crippen molar-refractivity contribution in [2.45, 2.75) is 51.4 Å². The second-order valence-electron chi connectivity index (χ2n) is 14.5. The lowest BCUT2D eigenvalue weighted by molar-refractivity contribution is 0.332. The van der Waals surface area contributed by atoms with Gasteiger partial charge in [-0.05, 0) is 88.4 Å². The Labute approximate surface area is 270 Å². The van der Waals surface area contributed by atoms with E-state index in [0.717, 1.165) is 0 Å². The number of nitrogens with zero attached hydrogens (tertiary/aromatic N) is 2. The summed E-state index contributed by atoms with van der Waals surface area (Å²) in [6.07, 6.45) is 2.39. The predicted molar refractivity (Wildman–Crippen MR) is 196 cm³/mol. The van der Waals surface area contributed by atoms with Crippen molar-refractivity contribution in [3.8, 4) is 22.5 Å². The molecule has 9 rings (SSSR count). The van der Waals surface area contributed by atoms with Gasteiger partial charge in [0.15, 0.2) is 0 Å². The van der Waals surface area contributed by atoms with Gasteiger partial charge in [0.25, 0.3) is 0 Å². The monoisotopic (exact) mass is 594 g/mol. The van der Waals surface area contributed by atoms with Crippen LogP contribution in [-0.2, 0) is 10.8 Å². The zero-order valence-electron chi connectivity index (χ0n) is 27.0. The van der Waals surface area contributed by atoms with Crippen molar-refractivity contribution in [1.29, 1.82) is 0 Å². The SMILES string of the molecule is CC1(C)CCC(C)(C)c2cc3c(cc21)c1ccc2c4ccccc4n(-c4ccccc4)c2c1n3-c1cccc(-c2ccccc2)c1. The van der Waals surface area contributed by atoms with E-state index in [9.17, 15) is 0 Å². The molecule has 1 aliphatic carbocycles. The van der Waals surface area contributed by atoms with Crippen molar-refractivity contribution < 1.29 is 0 Å². The number of rotatable bonds is 3. The Morgan fingerprint density at radius 3 is 1.67 bits per heavy atom. The zero-order chi connectivity index (χ0) is 31.2. The van der Waals surface area contributed by atoms with Crippen LogP contribution >= 0.6 is 0 Å². The van der Waals surface area contributed by atoms with Crippen molar-refractivity contribution in [2.24, 2.45) is 0 Å². The van der Waals surface area contributed by atoms with Crippen LogP contribution in [0, 0.1) is 0 Å². The first-order valence-electron chi connectivity index (χ1n) is 16.6. The molecule has 2 heterocycles. The first-order chi connectivity index (χ1) is 22.3. The van der Waals surface area contributed by atoms with Gasteiger partial charge in [0.05, 0.1) is 22.1 Å². The van der Waals surface area contributed by atoms with Crippen LogP contribution in [0.1, 0.15) is 51.7 Å². The molecule has 1 aliphatic rings. The molecule has 0 fully saturated rings. The number of hydrogen-bond donors (Lipinski definition) is 0. The van der Waals surface area contributed by atoms with Crippen LogP contribution in [0.5, 0.6) is 0 Å². The molecule has 0 spiro atoms. The van der Waals surface area contributed by atoms with Crippen LogP contribution in [0.2, 0.25) is 0 Å². The van der Waals surface area contributed by atoms with Crippen molar-refractivity contribution >= 4 is 43.6 Å². The number of para-hydroxylation sites is 2. The molecule has 0 amide bonds. The highest BCUT2D eigenvalue weighted by Crippen LogP contribution is 2.49.